The molecule has 0 spiro atoms. The first kappa shape index (κ1) is 14.1. The highest BCUT2D eigenvalue weighted by Crippen LogP contribution is 2.18. The average Bonchev–Trinajstić information content (AvgIpc) is 3.24. The minimum absolute atomic E-state index is 0.520. The predicted molar refractivity (Wildman–Crippen MR) is 87.5 cm³/mol. The molecule has 1 unspecified atom stereocenters. The van der Waals surface area contributed by atoms with Crippen LogP contribution < -0.4 is 5.32 Å². The number of fused-ring (bicyclic) bond motifs is 1. The maximum absolute atomic E-state index is 4.54. The van der Waals surface area contributed by atoms with E-state index < -0.39 is 0 Å². The molecule has 1 aromatic carbocycles. The van der Waals surface area contributed by atoms with Crippen molar-refractivity contribution in [3.63, 3.8) is 0 Å². The molecule has 118 valence electrons. The van der Waals surface area contributed by atoms with Crippen LogP contribution in [0.1, 0.15) is 23.4 Å². The highest BCUT2D eigenvalue weighted by molar-refractivity contribution is 5.28. The van der Waals surface area contributed by atoms with Gasteiger partial charge in [0.15, 0.2) is 0 Å². The second-order valence-corrected chi connectivity index (χ2v) is 5.98. The molecule has 0 saturated heterocycles. The van der Waals surface area contributed by atoms with E-state index >= 15 is 0 Å². The number of aromatic amines is 1. The van der Waals surface area contributed by atoms with Crippen molar-refractivity contribution in [3.05, 3.63) is 59.7 Å². The fourth-order valence-electron chi connectivity index (χ4n) is 3.08. The molecule has 23 heavy (non-hydrogen) atoms. The Morgan fingerprint density at radius 3 is 3.04 bits per heavy atom. The van der Waals surface area contributed by atoms with Gasteiger partial charge in [0.25, 0.3) is 0 Å². The Kier molecular flexibility index (Phi) is 3.90. The van der Waals surface area contributed by atoms with Gasteiger partial charge in [-0.25, -0.2) is 0 Å². The predicted octanol–water partition coefficient (Wildman–Crippen LogP) is 1.68. The van der Waals surface area contributed by atoms with Gasteiger partial charge in [0.05, 0.1) is 23.8 Å². The summed E-state index contributed by atoms with van der Waals surface area (Å²) in [7, 11) is 0. The van der Waals surface area contributed by atoms with E-state index in [9.17, 15) is 0 Å². The highest BCUT2D eigenvalue weighted by Gasteiger charge is 2.19. The second kappa shape index (κ2) is 6.34. The third-order valence-electron chi connectivity index (χ3n) is 4.36. The minimum atomic E-state index is 0.520. The SMILES string of the molecule is c1ccc(-n2ncc(CCNC3CCc4cn[nH]c4C3)n2)cc1. The highest BCUT2D eigenvalue weighted by atomic mass is 15.5. The molecule has 0 aliphatic heterocycles. The first-order valence-corrected chi connectivity index (χ1v) is 8.09. The molecule has 1 aliphatic rings. The Hall–Kier alpha value is -2.47. The number of H-pyrrole nitrogens is 1. The average molecular weight is 308 g/mol. The van der Waals surface area contributed by atoms with E-state index in [-0.39, 0.29) is 0 Å². The molecule has 1 atom stereocenters. The number of para-hydroxylation sites is 1. The van der Waals surface area contributed by atoms with Crippen molar-refractivity contribution >= 4 is 0 Å². The molecule has 2 aromatic heterocycles. The summed E-state index contributed by atoms with van der Waals surface area (Å²) in [6.45, 7) is 0.918. The minimum Gasteiger partial charge on any atom is -0.313 e. The molecular formula is C17H20N6. The number of hydrogen-bond acceptors (Lipinski definition) is 4. The largest absolute Gasteiger partial charge is 0.313 e. The molecule has 0 radical (unpaired) electrons. The molecule has 0 bridgehead atoms. The van der Waals surface area contributed by atoms with Crippen molar-refractivity contribution < 1.29 is 0 Å². The van der Waals surface area contributed by atoms with Crippen molar-refractivity contribution in [2.45, 2.75) is 31.7 Å². The van der Waals surface area contributed by atoms with Crippen LogP contribution in [0.25, 0.3) is 5.69 Å². The number of aryl methyl sites for hydroxylation is 1. The topological polar surface area (TPSA) is 71.4 Å². The van der Waals surface area contributed by atoms with Crippen molar-refractivity contribution in [2.75, 3.05) is 6.54 Å². The smallest absolute Gasteiger partial charge is 0.0856 e. The maximum atomic E-state index is 4.54. The Labute approximate surface area is 134 Å². The summed E-state index contributed by atoms with van der Waals surface area (Å²) in [6, 6.07) is 10.5. The summed E-state index contributed by atoms with van der Waals surface area (Å²) in [6.07, 6.45) is 8.00. The number of hydrogen-bond donors (Lipinski definition) is 2. The first-order valence-electron chi connectivity index (χ1n) is 8.09. The molecular weight excluding hydrogens is 288 g/mol. The zero-order valence-electron chi connectivity index (χ0n) is 12.9. The summed E-state index contributed by atoms with van der Waals surface area (Å²) in [5.41, 5.74) is 4.66. The normalized spacial score (nSPS) is 17.1. The van der Waals surface area contributed by atoms with Gasteiger partial charge in [0.1, 0.15) is 0 Å². The summed E-state index contributed by atoms with van der Waals surface area (Å²) in [5.74, 6) is 0. The third kappa shape index (κ3) is 3.17. The Bertz CT molecular complexity index is 760. The van der Waals surface area contributed by atoms with Crippen LogP contribution in [-0.2, 0) is 19.3 Å². The maximum Gasteiger partial charge on any atom is 0.0856 e. The monoisotopic (exact) mass is 308 g/mol. The molecule has 0 fully saturated rings. The van der Waals surface area contributed by atoms with Gasteiger partial charge < -0.3 is 5.32 Å². The zero-order chi connectivity index (χ0) is 15.5. The van der Waals surface area contributed by atoms with Crippen LogP contribution in [0.4, 0.5) is 0 Å². The van der Waals surface area contributed by atoms with E-state index in [4.69, 9.17) is 0 Å². The lowest BCUT2D eigenvalue weighted by Crippen LogP contribution is -2.35. The van der Waals surface area contributed by atoms with Crippen LogP contribution in [0.2, 0.25) is 0 Å². The van der Waals surface area contributed by atoms with Gasteiger partial charge in [0.2, 0.25) is 0 Å². The molecule has 6 heteroatoms. The summed E-state index contributed by atoms with van der Waals surface area (Å²) < 4.78 is 0. The first-order chi connectivity index (χ1) is 11.4. The second-order valence-electron chi connectivity index (χ2n) is 5.98. The van der Waals surface area contributed by atoms with E-state index in [2.05, 4.69) is 25.7 Å². The van der Waals surface area contributed by atoms with Gasteiger partial charge in [-0.2, -0.15) is 20.1 Å². The summed E-state index contributed by atoms with van der Waals surface area (Å²) in [5, 5.41) is 19.7. The van der Waals surface area contributed by atoms with Crippen LogP contribution in [-0.4, -0.2) is 37.8 Å². The van der Waals surface area contributed by atoms with Gasteiger partial charge in [-0.05, 0) is 30.5 Å². The van der Waals surface area contributed by atoms with Crippen LogP contribution >= 0.6 is 0 Å². The Morgan fingerprint density at radius 1 is 1.22 bits per heavy atom. The van der Waals surface area contributed by atoms with Gasteiger partial charge in [0, 0.05) is 31.1 Å². The van der Waals surface area contributed by atoms with Crippen molar-refractivity contribution in [1.82, 2.24) is 30.5 Å². The molecule has 2 heterocycles. The van der Waals surface area contributed by atoms with Gasteiger partial charge >= 0.3 is 0 Å². The van der Waals surface area contributed by atoms with Crippen molar-refractivity contribution in [3.8, 4) is 5.69 Å². The van der Waals surface area contributed by atoms with Crippen LogP contribution in [0.5, 0.6) is 0 Å². The summed E-state index contributed by atoms with van der Waals surface area (Å²) >= 11 is 0. The Balaban J connectivity index is 1.30. The van der Waals surface area contributed by atoms with E-state index in [1.54, 1.807) is 4.80 Å². The third-order valence-corrected chi connectivity index (χ3v) is 4.36. The van der Waals surface area contributed by atoms with Gasteiger partial charge in [-0.15, -0.1) is 0 Å². The van der Waals surface area contributed by atoms with Crippen LogP contribution in [0.3, 0.4) is 0 Å². The molecule has 1 aliphatic carbocycles. The van der Waals surface area contributed by atoms with Crippen LogP contribution in [0, 0.1) is 0 Å². The molecule has 4 rings (SSSR count). The number of benzene rings is 1. The standard InChI is InChI=1S/C17H20N6/c1-2-4-16(5-3-1)23-20-12-15(22-23)8-9-18-14-7-6-13-11-19-21-17(13)10-14/h1-5,11-12,14,18H,6-10H2,(H,19,21). The zero-order valence-corrected chi connectivity index (χ0v) is 12.9. The number of rotatable bonds is 5. The van der Waals surface area contributed by atoms with E-state index in [0.29, 0.717) is 6.04 Å². The fourth-order valence-corrected chi connectivity index (χ4v) is 3.08. The number of nitrogens with one attached hydrogen (secondary N) is 2. The lowest BCUT2D eigenvalue weighted by Gasteiger charge is -2.22. The fraction of sp³-hybridized carbons (Fsp3) is 0.353. The van der Waals surface area contributed by atoms with Gasteiger partial charge in [-0.1, -0.05) is 18.2 Å². The molecule has 0 amide bonds. The van der Waals surface area contributed by atoms with Crippen molar-refractivity contribution in [1.29, 1.82) is 0 Å². The van der Waals surface area contributed by atoms with Crippen molar-refractivity contribution in [2.24, 2.45) is 0 Å². The number of aromatic nitrogens is 5. The lowest BCUT2D eigenvalue weighted by atomic mass is 9.94. The quantitative estimate of drug-likeness (QED) is 0.752. The van der Waals surface area contributed by atoms with Crippen LogP contribution in [0.15, 0.2) is 42.7 Å². The van der Waals surface area contributed by atoms with Gasteiger partial charge in [-0.3, -0.25) is 5.10 Å². The van der Waals surface area contributed by atoms with E-state index in [0.717, 1.165) is 37.2 Å². The molecule has 6 nitrogen and oxygen atoms in total. The molecule has 2 N–H and O–H groups in total. The van der Waals surface area contributed by atoms with E-state index in [1.807, 2.05) is 42.7 Å². The lowest BCUT2D eigenvalue weighted by molar-refractivity contribution is 0.456. The number of nitrogens with zero attached hydrogens (tertiary/aromatic N) is 4. The van der Waals surface area contributed by atoms with E-state index in [1.165, 1.54) is 17.7 Å². The Morgan fingerprint density at radius 2 is 2.13 bits per heavy atom. The molecule has 0 saturated carbocycles. The molecule has 3 aromatic rings. The summed E-state index contributed by atoms with van der Waals surface area (Å²) in [4.78, 5) is 1.69.